The van der Waals surface area contributed by atoms with Crippen molar-refractivity contribution in [1.29, 1.82) is 0 Å². The topological polar surface area (TPSA) is 38.3 Å². The number of carbonyl (C=O) groups is 1. The summed E-state index contributed by atoms with van der Waals surface area (Å²) in [5.74, 6) is -0.118. The van der Waals surface area contributed by atoms with Crippen LogP contribution in [0.1, 0.15) is 40.5 Å². The molecule has 0 radical (unpaired) electrons. The van der Waals surface area contributed by atoms with Gasteiger partial charge in [-0.3, -0.25) is 4.79 Å². The van der Waals surface area contributed by atoms with E-state index in [1.807, 2.05) is 20.8 Å². The first-order valence-corrected chi connectivity index (χ1v) is 4.98. The van der Waals surface area contributed by atoms with Gasteiger partial charge in [0.05, 0.1) is 13.0 Å². The van der Waals surface area contributed by atoms with Crippen LogP contribution >= 0.6 is 0 Å². The lowest BCUT2D eigenvalue weighted by molar-refractivity contribution is -0.144. The van der Waals surface area contributed by atoms with Crippen LogP contribution in [0.15, 0.2) is 0 Å². The number of carbonyl (C=O) groups excluding carboxylic acids is 1. The molecule has 0 aliphatic carbocycles. The van der Waals surface area contributed by atoms with E-state index in [-0.39, 0.29) is 11.5 Å². The Labute approximate surface area is 80.8 Å². The fraction of sp³-hybridized carbons (Fsp3) is 0.900. The third-order valence-electron chi connectivity index (χ3n) is 2.22. The van der Waals surface area contributed by atoms with Gasteiger partial charge in [-0.2, -0.15) is 0 Å². The van der Waals surface area contributed by atoms with Gasteiger partial charge in [0, 0.05) is 5.54 Å². The van der Waals surface area contributed by atoms with Crippen LogP contribution in [0.4, 0.5) is 0 Å². The van der Waals surface area contributed by atoms with E-state index in [2.05, 4.69) is 12.2 Å². The van der Waals surface area contributed by atoms with Gasteiger partial charge in [-0.25, -0.2) is 0 Å². The Hall–Kier alpha value is -0.570. The summed E-state index contributed by atoms with van der Waals surface area (Å²) in [6.07, 6.45) is 1.38. The molecule has 78 valence electrons. The Morgan fingerprint density at radius 1 is 1.38 bits per heavy atom. The summed E-state index contributed by atoms with van der Waals surface area (Å²) in [5.41, 5.74) is -0.110. The first kappa shape index (κ1) is 12.4. The zero-order chi connectivity index (χ0) is 10.3. The van der Waals surface area contributed by atoms with E-state index < -0.39 is 0 Å². The van der Waals surface area contributed by atoms with Gasteiger partial charge in [0.2, 0.25) is 0 Å². The van der Waals surface area contributed by atoms with Crippen molar-refractivity contribution >= 4 is 5.97 Å². The molecule has 0 bridgehead atoms. The fourth-order valence-corrected chi connectivity index (χ4v) is 1.27. The van der Waals surface area contributed by atoms with E-state index in [4.69, 9.17) is 4.74 Å². The third-order valence-corrected chi connectivity index (χ3v) is 2.22. The molecule has 0 fully saturated rings. The summed E-state index contributed by atoms with van der Waals surface area (Å²) in [6.45, 7) is 9.33. The summed E-state index contributed by atoms with van der Waals surface area (Å²) in [6, 6.07) is 0. The Bertz CT molecular complexity index is 159. The smallest absolute Gasteiger partial charge is 0.307 e. The van der Waals surface area contributed by atoms with Gasteiger partial charge >= 0.3 is 5.97 Å². The Morgan fingerprint density at radius 2 is 2.00 bits per heavy atom. The van der Waals surface area contributed by atoms with E-state index >= 15 is 0 Å². The van der Waals surface area contributed by atoms with Crippen LogP contribution in [0.2, 0.25) is 0 Å². The first-order chi connectivity index (χ1) is 6.08. The Balaban J connectivity index is 4.02. The van der Waals surface area contributed by atoms with Gasteiger partial charge in [0.15, 0.2) is 0 Å². The highest BCUT2D eigenvalue weighted by Crippen LogP contribution is 2.14. The number of nitrogens with one attached hydrogen (secondary N) is 1. The summed E-state index contributed by atoms with van der Waals surface area (Å²) in [5, 5.41) is 3.30. The van der Waals surface area contributed by atoms with Crippen molar-refractivity contribution < 1.29 is 9.53 Å². The minimum atomic E-state index is -0.118. The van der Waals surface area contributed by atoms with Gasteiger partial charge in [0.25, 0.3) is 0 Å². The average Bonchev–Trinajstić information content (AvgIpc) is 2.05. The van der Waals surface area contributed by atoms with Gasteiger partial charge < -0.3 is 10.1 Å². The van der Waals surface area contributed by atoms with Crippen LogP contribution in [0, 0.1) is 0 Å². The number of hydrogen-bond donors (Lipinski definition) is 1. The maximum absolute atomic E-state index is 11.2. The Kier molecular flexibility index (Phi) is 5.71. The molecule has 3 nitrogen and oxygen atoms in total. The molecule has 1 unspecified atom stereocenters. The summed E-state index contributed by atoms with van der Waals surface area (Å²) in [7, 11) is 0. The zero-order valence-corrected chi connectivity index (χ0v) is 9.14. The van der Waals surface area contributed by atoms with Gasteiger partial charge in [0.1, 0.15) is 0 Å². The lowest BCUT2D eigenvalue weighted by atomic mass is 9.94. The van der Waals surface area contributed by atoms with Crippen LogP contribution in [0.3, 0.4) is 0 Å². The summed E-state index contributed by atoms with van der Waals surface area (Å²) in [4.78, 5) is 11.2. The highest BCUT2D eigenvalue weighted by molar-refractivity contribution is 5.70. The van der Waals surface area contributed by atoms with Crippen molar-refractivity contribution in [1.82, 2.24) is 5.32 Å². The minimum Gasteiger partial charge on any atom is -0.466 e. The standard InChI is InChI=1S/C10H21NO2/c1-5-10(4,11-6-2)8-9(12)13-7-3/h11H,5-8H2,1-4H3. The van der Waals surface area contributed by atoms with Crippen molar-refractivity contribution in [3.05, 3.63) is 0 Å². The highest BCUT2D eigenvalue weighted by Gasteiger charge is 2.24. The number of esters is 1. The number of hydrogen-bond acceptors (Lipinski definition) is 3. The molecule has 0 aromatic rings. The predicted octanol–water partition coefficient (Wildman–Crippen LogP) is 1.72. The van der Waals surface area contributed by atoms with E-state index in [0.717, 1.165) is 13.0 Å². The summed E-state index contributed by atoms with van der Waals surface area (Å²) < 4.78 is 4.91. The molecule has 1 N–H and O–H groups in total. The van der Waals surface area contributed by atoms with E-state index in [1.165, 1.54) is 0 Å². The molecule has 0 aromatic carbocycles. The molecule has 0 amide bonds. The second kappa shape index (κ2) is 5.97. The highest BCUT2D eigenvalue weighted by atomic mass is 16.5. The van der Waals surface area contributed by atoms with Crippen molar-refractivity contribution in [3.63, 3.8) is 0 Å². The third kappa shape index (κ3) is 4.88. The molecular weight excluding hydrogens is 166 g/mol. The van der Waals surface area contributed by atoms with Crippen molar-refractivity contribution in [2.75, 3.05) is 13.2 Å². The van der Waals surface area contributed by atoms with Crippen molar-refractivity contribution in [2.24, 2.45) is 0 Å². The van der Waals surface area contributed by atoms with Gasteiger partial charge in [-0.15, -0.1) is 0 Å². The van der Waals surface area contributed by atoms with Gasteiger partial charge in [-0.05, 0) is 26.8 Å². The zero-order valence-electron chi connectivity index (χ0n) is 9.14. The van der Waals surface area contributed by atoms with Gasteiger partial charge in [-0.1, -0.05) is 13.8 Å². The predicted molar refractivity (Wildman–Crippen MR) is 53.6 cm³/mol. The molecular formula is C10H21NO2. The molecule has 0 saturated heterocycles. The molecule has 0 aromatic heterocycles. The maximum atomic E-state index is 11.2. The van der Waals surface area contributed by atoms with Crippen LogP contribution in [0.25, 0.3) is 0 Å². The molecule has 0 heterocycles. The molecule has 0 spiro atoms. The molecule has 0 aliphatic rings. The molecule has 0 aliphatic heterocycles. The number of ether oxygens (including phenoxy) is 1. The largest absolute Gasteiger partial charge is 0.466 e. The molecule has 0 saturated carbocycles. The minimum absolute atomic E-state index is 0.110. The molecule has 0 rings (SSSR count). The fourth-order valence-electron chi connectivity index (χ4n) is 1.27. The van der Waals surface area contributed by atoms with Crippen LogP contribution in [-0.2, 0) is 9.53 Å². The lowest BCUT2D eigenvalue weighted by Gasteiger charge is -2.28. The van der Waals surface area contributed by atoms with Crippen LogP contribution < -0.4 is 5.32 Å². The quantitative estimate of drug-likeness (QED) is 0.643. The van der Waals surface area contributed by atoms with E-state index in [1.54, 1.807) is 0 Å². The molecule has 3 heteroatoms. The number of rotatable bonds is 6. The monoisotopic (exact) mass is 187 g/mol. The average molecular weight is 187 g/mol. The van der Waals surface area contributed by atoms with Crippen molar-refractivity contribution in [3.8, 4) is 0 Å². The van der Waals surface area contributed by atoms with E-state index in [9.17, 15) is 4.79 Å². The van der Waals surface area contributed by atoms with Crippen molar-refractivity contribution in [2.45, 2.75) is 46.1 Å². The second-order valence-corrected chi connectivity index (χ2v) is 3.43. The Morgan fingerprint density at radius 3 is 2.38 bits per heavy atom. The molecule has 13 heavy (non-hydrogen) atoms. The lowest BCUT2D eigenvalue weighted by Crippen LogP contribution is -2.43. The maximum Gasteiger partial charge on any atom is 0.307 e. The van der Waals surface area contributed by atoms with Crippen LogP contribution in [0.5, 0.6) is 0 Å². The summed E-state index contributed by atoms with van der Waals surface area (Å²) >= 11 is 0. The SMILES string of the molecule is CCNC(C)(CC)CC(=O)OCC. The van der Waals surface area contributed by atoms with Crippen LogP contribution in [-0.4, -0.2) is 24.7 Å². The first-order valence-electron chi connectivity index (χ1n) is 4.98. The normalized spacial score (nSPS) is 15.1. The van der Waals surface area contributed by atoms with E-state index in [0.29, 0.717) is 13.0 Å². The second-order valence-electron chi connectivity index (χ2n) is 3.43. The molecule has 1 atom stereocenters.